The van der Waals surface area contributed by atoms with Gasteiger partial charge in [-0.15, -0.1) is 0 Å². The topological polar surface area (TPSA) is 12.9 Å². The van der Waals surface area contributed by atoms with E-state index in [9.17, 15) is 13.2 Å². The maximum absolute atomic E-state index is 12.0. The van der Waals surface area contributed by atoms with Crippen LogP contribution in [0.4, 0.5) is 13.2 Å². The summed E-state index contributed by atoms with van der Waals surface area (Å²) in [6.45, 7) is 0. The van der Waals surface area contributed by atoms with E-state index in [1.807, 2.05) is 45.2 Å². The SMILES string of the molecule is FC(F)(F)c1cc(I)c(I)cn1. The van der Waals surface area contributed by atoms with E-state index < -0.39 is 11.9 Å². The van der Waals surface area contributed by atoms with E-state index in [-0.39, 0.29) is 0 Å². The zero-order chi connectivity index (χ0) is 9.35. The van der Waals surface area contributed by atoms with Gasteiger partial charge in [0, 0.05) is 13.3 Å². The Morgan fingerprint density at radius 1 is 1.17 bits per heavy atom. The normalized spacial score (nSPS) is 11.8. The van der Waals surface area contributed by atoms with Gasteiger partial charge in [0.1, 0.15) is 5.69 Å². The molecule has 1 nitrogen and oxygen atoms in total. The van der Waals surface area contributed by atoms with Gasteiger partial charge >= 0.3 is 6.18 Å². The van der Waals surface area contributed by atoms with Crippen LogP contribution in [0.2, 0.25) is 0 Å². The van der Waals surface area contributed by atoms with Gasteiger partial charge in [-0.25, -0.2) is 0 Å². The summed E-state index contributed by atoms with van der Waals surface area (Å²) in [5.74, 6) is 0. The van der Waals surface area contributed by atoms with Crippen LogP contribution in [0.5, 0.6) is 0 Å². The number of hydrogen-bond acceptors (Lipinski definition) is 1. The van der Waals surface area contributed by atoms with E-state index in [0.717, 1.165) is 9.64 Å². The molecule has 0 atom stereocenters. The van der Waals surface area contributed by atoms with E-state index >= 15 is 0 Å². The molecule has 0 saturated heterocycles. The Labute approximate surface area is 94.0 Å². The second-order valence-corrected chi connectivity index (χ2v) is 4.31. The summed E-state index contributed by atoms with van der Waals surface area (Å²) in [5, 5.41) is 0. The smallest absolute Gasteiger partial charge is 0.251 e. The van der Waals surface area contributed by atoms with E-state index in [4.69, 9.17) is 0 Å². The minimum Gasteiger partial charge on any atom is -0.251 e. The molecule has 66 valence electrons. The highest BCUT2D eigenvalue weighted by molar-refractivity contribution is 14.1. The summed E-state index contributed by atoms with van der Waals surface area (Å²) < 4.78 is 37.4. The highest BCUT2D eigenvalue weighted by Crippen LogP contribution is 2.29. The van der Waals surface area contributed by atoms with E-state index in [2.05, 4.69) is 4.98 Å². The zero-order valence-electron chi connectivity index (χ0n) is 5.49. The minimum atomic E-state index is -4.34. The largest absolute Gasteiger partial charge is 0.433 e. The molecule has 0 aliphatic carbocycles. The number of nitrogens with zero attached hydrogens (tertiary/aromatic N) is 1. The quantitative estimate of drug-likeness (QED) is 0.611. The lowest BCUT2D eigenvalue weighted by molar-refractivity contribution is -0.141. The molecule has 1 aromatic heterocycles. The summed E-state index contributed by atoms with van der Waals surface area (Å²) in [5.41, 5.74) is -0.840. The Morgan fingerprint density at radius 2 is 1.75 bits per heavy atom. The Kier molecular flexibility index (Phi) is 3.18. The highest BCUT2D eigenvalue weighted by Gasteiger charge is 2.32. The number of aromatic nitrogens is 1. The number of pyridine rings is 1. The fourth-order valence-corrected chi connectivity index (χ4v) is 1.30. The van der Waals surface area contributed by atoms with Gasteiger partial charge in [-0.2, -0.15) is 13.2 Å². The molecular weight excluding hydrogens is 397 g/mol. The predicted octanol–water partition coefficient (Wildman–Crippen LogP) is 3.31. The lowest BCUT2D eigenvalue weighted by atomic mass is 10.3. The van der Waals surface area contributed by atoms with Crippen molar-refractivity contribution < 1.29 is 13.2 Å². The van der Waals surface area contributed by atoms with E-state index in [0.29, 0.717) is 3.57 Å². The predicted molar refractivity (Wildman–Crippen MR) is 54.7 cm³/mol. The fraction of sp³-hybridized carbons (Fsp3) is 0.167. The van der Waals surface area contributed by atoms with Gasteiger partial charge in [-0.1, -0.05) is 0 Å². The van der Waals surface area contributed by atoms with Crippen LogP contribution in [0.1, 0.15) is 5.69 Å². The molecule has 0 bridgehead atoms. The zero-order valence-corrected chi connectivity index (χ0v) is 9.81. The molecule has 0 aliphatic heterocycles. The third kappa shape index (κ3) is 2.44. The lowest BCUT2D eigenvalue weighted by Crippen LogP contribution is -2.08. The molecule has 0 amide bonds. The molecule has 0 N–H and O–H groups in total. The average Bonchev–Trinajstić information content (AvgIpc) is 1.92. The van der Waals surface area contributed by atoms with Crippen molar-refractivity contribution in [2.75, 3.05) is 0 Å². The van der Waals surface area contributed by atoms with Crippen molar-refractivity contribution in [2.45, 2.75) is 6.18 Å². The molecule has 1 heterocycles. The Hall–Kier alpha value is 0.400. The first-order chi connectivity index (χ1) is 5.41. The first-order valence-corrected chi connectivity index (χ1v) is 4.95. The molecule has 0 radical (unpaired) electrons. The van der Waals surface area contributed by atoms with Crippen molar-refractivity contribution >= 4 is 45.2 Å². The number of hydrogen-bond donors (Lipinski definition) is 0. The Morgan fingerprint density at radius 3 is 2.17 bits per heavy atom. The van der Waals surface area contributed by atoms with Gasteiger partial charge < -0.3 is 0 Å². The second kappa shape index (κ2) is 3.64. The second-order valence-electron chi connectivity index (χ2n) is 1.98. The van der Waals surface area contributed by atoms with Crippen LogP contribution < -0.4 is 0 Å². The maximum atomic E-state index is 12.0. The van der Waals surface area contributed by atoms with Gasteiger partial charge in [0.15, 0.2) is 0 Å². The molecule has 0 aromatic carbocycles. The van der Waals surface area contributed by atoms with Gasteiger partial charge in [0.2, 0.25) is 0 Å². The van der Waals surface area contributed by atoms with Crippen LogP contribution in [0.3, 0.4) is 0 Å². The molecule has 1 rings (SSSR count). The Balaban J connectivity index is 3.14. The van der Waals surface area contributed by atoms with Crippen LogP contribution in [-0.4, -0.2) is 4.98 Å². The van der Waals surface area contributed by atoms with Crippen molar-refractivity contribution in [3.63, 3.8) is 0 Å². The number of alkyl halides is 3. The molecule has 0 unspecified atom stereocenters. The minimum absolute atomic E-state index is 0.565. The van der Waals surface area contributed by atoms with Crippen molar-refractivity contribution in [1.82, 2.24) is 4.98 Å². The van der Waals surface area contributed by atoms with Gasteiger partial charge in [0.05, 0.1) is 0 Å². The maximum Gasteiger partial charge on any atom is 0.433 e. The van der Waals surface area contributed by atoms with Crippen molar-refractivity contribution in [2.24, 2.45) is 0 Å². The van der Waals surface area contributed by atoms with Crippen molar-refractivity contribution in [1.29, 1.82) is 0 Å². The monoisotopic (exact) mass is 399 g/mol. The summed E-state index contributed by atoms with van der Waals surface area (Å²) in [6, 6.07) is 1.03. The Bertz CT molecular complexity index is 297. The number of halogens is 5. The van der Waals surface area contributed by atoms with Crippen LogP contribution in [-0.2, 0) is 6.18 Å². The molecule has 1 aromatic rings. The molecule has 6 heteroatoms. The van der Waals surface area contributed by atoms with Gasteiger partial charge in [-0.05, 0) is 51.2 Å². The van der Waals surface area contributed by atoms with Crippen LogP contribution in [0, 0.1) is 7.14 Å². The molecular formula is C6H2F3I2N. The van der Waals surface area contributed by atoms with Crippen molar-refractivity contribution in [3.05, 3.63) is 25.1 Å². The molecule has 0 spiro atoms. The van der Waals surface area contributed by atoms with Crippen LogP contribution in [0.25, 0.3) is 0 Å². The average molecular weight is 399 g/mol. The number of rotatable bonds is 0. The highest BCUT2D eigenvalue weighted by atomic mass is 127. The first kappa shape index (κ1) is 10.5. The molecule has 0 aliphatic rings. The first-order valence-electron chi connectivity index (χ1n) is 2.79. The van der Waals surface area contributed by atoms with E-state index in [1.165, 1.54) is 6.20 Å². The van der Waals surface area contributed by atoms with Crippen LogP contribution >= 0.6 is 45.2 Å². The molecule has 12 heavy (non-hydrogen) atoms. The summed E-state index contributed by atoms with van der Waals surface area (Å²) in [4.78, 5) is 3.27. The van der Waals surface area contributed by atoms with Gasteiger partial charge in [0.25, 0.3) is 0 Å². The summed E-state index contributed by atoms with van der Waals surface area (Å²) in [7, 11) is 0. The summed E-state index contributed by atoms with van der Waals surface area (Å²) >= 11 is 3.77. The third-order valence-electron chi connectivity index (χ3n) is 1.10. The van der Waals surface area contributed by atoms with Crippen LogP contribution in [0.15, 0.2) is 12.3 Å². The molecule has 0 fully saturated rings. The van der Waals surface area contributed by atoms with Gasteiger partial charge in [-0.3, -0.25) is 4.98 Å². The van der Waals surface area contributed by atoms with E-state index in [1.54, 1.807) is 0 Å². The summed E-state index contributed by atoms with van der Waals surface area (Å²) in [6.07, 6.45) is -3.13. The standard InChI is InChI=1S/C6H2F3I2N/c7-6(8,9)5-1-3(10)4(11)2-12-5/h1-2H. The fourth-order valence-electron chi connectivity index (χ4n) is 0.569. The third-order valence-corrected chi connectivity index (χ3v) is 3.88. The van der Waals surface area contributed by atoms with Crippen molar-refractivity contribution in [3.8, 4) is 0 Å². The molecule has 0 saturated carbocycles. The lowest BCUT2D eigenvalue weighted by Gasteiger charge is -2.05.